The lowest BCUT2D eigenvalue weighted by atomic mass is 10.3. The fourth-order valence-electron chi connectivity index (χ4n) is 2.23. The van der Waals surface area contributed by atoms with E-state index in [9.17, 15) is 18.3 Å². The Morgan fingerprint density at radius 2 is 1.69 bits per heavy atom. The van der Waals surface area contributed by atoms with Gasteiger partial charge in [-0.2, -0.15) is 4.31 Å². The molecule has 26 heavy (non-hydrogen) atoms. The summed E-state index contributed by atoms with van der Waals surface area (Å²) < 4.78 is 31.8. The van der Waals surface area contributed by atoms with Crippen molar-refractivity contribution in [3.05, 3.63) is 65.0 Å². The minimum atomic E-state index is -3.81. The molecule has 0 unspecified atom stereocenters. The van der Waals surface area contributed by atoms with Crippen LogP contribution in [0.3, 0.4) is 0 Å². The number of aromatic nitrogens is 3. The van der Waals surface area contributed by atoms with Crippen LogP contribution >= 0.6 is 0 Å². The molecule has 0 saturated heterocycles. The largest absolute Gasteiger partial charge is 0.493 e. The molecule has 9 nitrogen and oxygen atoms in total. The van der Waals surface area contributed by atoms with Gasteiger partial charge < -0.3 is 14.8 Å². The van der Waals surface area contributed by atoms with Gasteiger partial charge in [0.2, 0.25) is 15.9 Å². The normalized spacial score (nSPS) is 11.6. The van der Waals surface area contributed by atoms with Crippen LogP contribution in [0.1, 0.15) is 5.69 Å². The molecule has 0 aliphatic heterocycles. The second-order valence-corrected chi connectivity index (χ2v) is 7.47. The maximum Gasteiger partial charge on any atom is 0.326 e. The van der Waals surface area contributed by atoms with E-state index in [4.69, 9.17) is 4.74 Å². The van der Waals surface area contributed by atoms with Gasteiger partial charge >= 0.3 is 5.69 Å². The smallest absolute Gasteiger partial charge is 0.326 e. The standard InChI is InChI=1S/C16H16N4O5S/c1-20(10-14-15(21)19-16(22)18-14)26(23,24)13-4-2-11(3-5-13)25-12-6-8-17-9-7-12/h2-9,21H,10H2,1H3,(H2,18,19,22). The lowest BCUT2D eigenvalue weighted by Gasteiger charge is -2.16. The van der Waals surface area contributed by atoms with Crippen LogP contribution in [-0.2, 0) is 16.6 Å². The highest BCUT2D eigenvalue weighted by molar-refractivity contribution is 7.89. The average Bonchev–Trinajstić information content (AvgIpc) is 2.93. The summed E-state index contributed by atoms with van der Waals surface area (Å²) in [5.74, 6) is 0.670. The lowest BCUT2D eigenvalue weighted by molar-refractivity contribution is 0.423. The van der Waals surface area contributed by atoms with Crippen molar-refractivity contribution in [1.82, 2.24) is 19.3 Å². The number of aromatic hydroxyl groups is 1. The summed E-state index contributed by atoms with van der Waals surface area (Å²) in [4.78, 5) is 19.6. The Hall–Kier alpha value is -3.11. The van der Waals surface area contributed by atoms with E-state index in [0.29, 0.717) is 11.5 Å². The number of nitrogens with one attached hydrogen (secondary N) is 2. The molecule has 136 valence electrons. The number of sulfonamides is 1. The molecule has 0 spiro atoms. The number of hydrogen-bond acceptors (Lipinski definition) is 6. The van der Waals surface area contributed by atoms with Crippen LogP contribution in [0.15, 0.2) is 58.5 Å². The number of pyridine rings is 1. The van der Waals surface area contributed by atoms with Crippen LogP contribution in [0.5, 0.6) is 17.4 Å². The predicted molar refractivity (Wildman–Crippen MR) is 92.5 cm³/mol. The van der Waals surface area contributed by atoms with Gasteiger partial charge in [-0.15, -0.1) is 0 Å². The van der Waals surface area contributed by atoms with Crippen molar-refractivity contribution in [2.45, 2.75) is 11.4 Å². The van der Waals surface area contributed by atoms with Crippen LogP contribution in [0.2, 0.25) is 0 Å². The summed E-state index contributed by atoms with van der Waals surface area (Å²) in [6.07, 6.45) is 3.17. The quantitative estimate of drug-likeness (QED) is 0.597. The topological polar surface area (TPSA) is 128 Å². The van der Waals surface area contributed by atoms with Gasteiger partial charge in [-0.3, -0.25) is 9.97 Å². The maximum atomic E-state index is 12.6. The summed E-state index contributed by atoms with van der Waals surface area (Å²) >= 11 is 0. The number of imidazole rings is 1. The fourth-order valence-corrected chi connectivity index (χ4v) is 3.37. The molecule has 3 aromatic rings. The zero-order valence-electron chi connectivity index (χ0n) is 13.7. The molecule has 0 amide bonds. The molecule has 0 bridgehead atoms. The highest BCUT2D eigenvalue weighted by atomic mass is 32.2. The molecule has 2 aromatic heterocycles. The minimum Gasteiger partial charge on any atom is -0.493 e. The van der Waals surface area contributed by atoms with Gasteiger partial charge in [-0.25, -0.2) is 13.2 Å². The monoisotopic (exact) mass is 376 g/mol. The number of ether oxygens (including phenoxy) is 1. The van der Waals surface area contributed by atoms with Gasteiger partial charge in [0.15, 0.2) is 0 Å². The number of H-pyrrole nitrogens is 2. The van der Waals surface area contributed by atoms with Gasteiger partial charge in [-0.1, -0.05) is 0 Å². The van der Waals surface area contributed by atoms with E-state index in [1.54, 1.807) is 24.5 Å². The molecule has 2 heterocycles. The van der Waals surface area contributed by atoms with Crippen molar-refractivity contribution in [3.63, 3.8) is 0 Å². The third-order valence-electron chi connectivity index (χ3n) is 3.58. The molecule has 3 rings (SSSR count). The molecule has 0 aliphatic carbocycles. The molecule has 3 N–H and O–H groups in total. The zero-order chi connectivity index (χ0) is 18.7. The van der Waals surface area contributed by atoms with E-state index in [2.05, 4.69) is 15.0 Å². The third-order valence-corrected chi connectivity index (χ3v) is 5.40. The number of nitrogens with zero attached hydrogens (tertiary/aromatic N) is 2. The summed E-state index contributed by atoms with van der Waals surface area (Å²) in [5.41, 5.74) is -0.528. The molecule has 0 radical (unpaired) electrons. The molecule has 0 aliphatic rings. The Kier molecular flexibility index (Phi) is 4.78. The van der Waals surface area contributed by atoms with E-state index in [-0.39, 0.29) is 17.1 Å². The van der Waals surface area contributed by atoms with Crippen LogP contribution in [0.25, 0.3) is 0 Å². The van der Waals surface area contributed by atoms with E-state index in [0.717, 1.165) is 4.31 Å². The first-order valence-electron chi connectivity index (χ1n) is 7.50. The fraction of sp³-hybridized carbons (Fsp3) is 0.125. The zero-order valence-corrected chi connectivity index (χ0v) is 14.5. The van der Waals surface area contributed by atoms with Crippen molar-refractivity contribution in [1.29, 1.82) is 0 Å². The molecule has 0 fully saturated rings. The van der Waals surface area contributed by atoms with Crippen LogP contribution in [0, 0.1) is 0 Å². The van der Waals surface area contributed by atoms with Crippen LogP contribution < -0.4 is 10.4 Å². The summed E-state index contributed by atoms with van der Waals surface area (Å²) in [6.45, 7) is -0.192. The van der Waals surface area contributed by atoms with Crippen molar-refractivity contribution >= 4 is 10.0 Å². The molecule has 0 atom stereocenters. The summed E-state index contributed by atoms with van der Waals surface area (Å²) in [5, 5.41) is 9.56. The van der Waals surface area contributed by atoms with Crippen LogP contribution in [0.4, 0.5) is 0 Å². The van der Waals surface area contributed by atoms with Gasteiger partial charge in [0.25, 0.3) is 0 Å². The number of rotatable bonds is 6. The molecule has 0 saturated carbocycles. The molecule has 1 aromatic carbocycles. The Bertz CT molecular complexity index is 1040. The first-order valence-corrected chi connectivity index (χ1v) is 8.94. The van der Waals surface area contributed by atoms with Crippen molar-refractivity contribution in [2.24, 2.45) is 0 Å². The van der Waals surface area contributed by atoms with Gasteiger partial charge in [0, 0.05) is 19.4 Å². The summed E-state index contributed by atoms with van der Waals surface area (Å²) in [6, 6.07) is 9.28. The van der Waals surface area contributed by atoms with Crippen molar-refractivity contribution < 1.29 is 18.3 Å². The second kappa shape index (κ2) is 7.02. The Labute approximate surface area is 149 Å². The highest BCUT2D eigenvalue weighted by Crippen LogP contribution is 2.24. The van der Waals surface area contributed by atoms with Crippen LogP contribution in [-0.4, -0.2) is 39.8 Å². The Morgan fingerprint density at radius 3 is 2.27 bits per heavy atom. The van der Waals surface area contributed by atoms with E-state index in [1.807, 2.05) is 0 Å². The SMILES string of the molecule is CN(Cc1[nH]c(=O)[nH]c1O)S(=O)(=O)c1ccc(Oc2ccncc2)cc1. The Balaban J connectivity index is 1.76. The highest BCUT2D eigenvalue weighted by Gasteiger charge is 2.23. The first kappa shape index (κ1) is 17.7. The second-order valence-electron chi connectivity index (χ2n) is 5.42. The Morgan fingerprint density at radius 1 is 1.08 bits per heavy atom. The summed E-state index contributed by atoms with van der Waals surface area (Å²) in [7, 11) is -2.46. The third kappa shape index (κ3) is 3.76. The number of benzene rings is 1. The lowest BCUT2D eigenvalue weighted by Crippen LogP contribution is -2.26. The minimum absolute atomic E-state index is 0.0550. The van der Waals surface area contributed by atoms with E-state index >= 15 is 0 Å². The average molecular weight is 376 g/mol. The van der Waals surface area contributed by atoms with Gasteiger partial charge in [0.1, 0.15) is 11.5 Å². The number of hydrogen-bond donors (Lipinski definition) is 3. The molecular formula is C16H16N4O5S. The van der Waals surface area contributed by atoms with Gasteiger partial charge in [-0.05, 0) is 36.4 Å². The van der Waals surface area contributed by atoms with E-state index < -0.39 is 21.6 Å². The van der Waals surface area contributed by atoms with Crippen molar-refractivity contribution in [2.75, 3.05) is 7.05 Å². The number of aromatic amines is 2. The maximum absolute atomic E-state index is 12.6. The molecular weight excluding hydrogens is 360 g/mol. The van der Waals surface area contributed by atoms with E-state index in [1.165, 1.54) is 31.3 Å². The van der Waals surface area contributed by atoms with Gasteiger partial charge in [0.05, 0.1) is 17.1 Å². The first-order chi connectivity index (χ1) is 12.4. The predicted octanol–water partition coefficient (Wildman–Crippen LogP) is 1.42. The van der Waals surface area contributed by atoms with Crippen molar-refractivity contribution in [3.8, 4) is 17.4 Å². The molecule has 10 heteroatoms.